The number of morpholine rings is 1. The van der Waals surface area contributed by atoms with Gasteiger partial charge in [-0.3, -0.25) is 4.90 Å². The van der Waals surface area contributed by atoms with Crippen LogP contribution in [0.2, 0.25) is 0 Å². The van der Waals surface area contributed by atoms with Gasteiger partial charge in [0.25, 0.3) is 0 Å². The second kappa shape index (κ2) is 12.7. The van der Waals surface area contributed by atoms with E-state index in [1.54, 1.807) is 25.1 Å². The van der Waals surface area contributed by atoms with Crippen LogP contribution in [0.4, 0.5) is 24.8 Å². The Morgan fingerprint density at radius 1 is 1.27 bits per heavy atom. The van der Waals surface area contributed by atoms with Crippen LogP contribution in [-0.2, 0) is 31.8 Å². The minimum absolute atomic E-state index is 0.00607. The molecule has 0 radical (unpaired) electrons. The molecule has 12 nitrogen and oxygen atoms in total. The van der Waals surface area contributed by atoms with E-state index < -0.39 is 35.9 Å². The summed E-state index contributed by atoms with van der Waals surface area (Å²) in [6, 6.07) is 10.7. The number of nitrogens with one attached hydrogen (secondary N) is 1. The number of hydrogen-bond donors (Lipinski definition) is 1. The number of nitrogens with zero attached hydrogens (tertiary/aromatic N) is 5. The lowest BCUT2D eigenvalue weighted by atomic mass is 9.89. The van der Waals surface area contributed by atoms with Gasteiger partial charge in [-0.2, -0.15) is 18.4 Å². The zero-order valence-electron chi connectivity index (χ0n) is 24.1. The minimum Gasteiger partial charge on any atom is -0.554 e. The number of aromatic nitrogens is 3. The van der Waals surface area contributed by atoms with Gasteiger partial charge in [0.1, 0.15) is 25.7 Å². The molecule has 44 heavy (non-hydrogen) atoms. The first-order valence-electron chi connectivity index (χ1n) is 13.3. The van der Waals surface area contributed by atoms with Crippen LogP contribution < -0.4 is 15.7 Å². The molecule has 2 aliphatic heterocycles. The van der Waals surface area contributed by atoms with Gasteiger partial charge in [0.15, 0.2) is 0 Å². The molecule has 0 amide bonds. The Morgan fingerprint density at radius 3 is 2.57 bits per heavy atom. The number of carboxylic acid groups (broad SMARTS) is 1. The van der Waals surface area contributed by atoms with E-state index in [0.29, 0.717) is 35.4 Å². The molecule has 232 valence electrons. The molecule has 1 N–H and O–H groups in total. The summed E-state index contributed by atoms with van der Waals surface area (Å²) in [5.74, 6) is -0.753. The quantitative estimate of drug-likeness (QED) is 0.258. The van der Waals surface area contributed by atoms with Gasteiger partial charge < -0.3 is 23.9 Å². The van der Waals surface area contributed by atoms with Crippen molar-refractivity contribution in [1.29, 1.82) is 5.26 Å². The van der Waals surface area contributed by atoms with Crippen molar-refractivity contribution in [3.05, 3.63) is 86.5 Å². The normalized spacial score (nSPS) is 17.6. The van der Waals surface area contributed by atoms with Gasteiger partial charge in [-0.1, -0.05) is 12.1 Å². The largest absolute Gasteiger partial charge is 0.554 e. The fraction of sp³-hybridized carbons (Fsp3) is 0.345. The molecule has 2 aliphatic rings. The Morgan fingerprint density at radius 2 is 1.95 bits per heavy atom. The van der Waals surface area contributed by atoms with Crippen LogP contribution in [0.3, 0.4) is 0 Å². The van der Waals surface area contributed by atoms with Crippen LogP contribution in [0.25, 0.3) is 0 Å². The van der Waals surface area contributed by atoms with E-state index in [2.05, 4.69) is 23.3 Å². The number of carbonyl (C=O) groups excluding carboxylic acids is 2. The predicted octanol–water partition coefficient (Wildman–Crippen LogP) is 1.99. The number of aromatic amines is 1. The number of halogens is 3. The second-order valence-electron chi connectivity index (χ2n) is 10.4. The first kappa shape index (κ1) is 32.0. The molecule has 2 aromatic carbocycles. The fourth-order valence-electron chi connectivity index (χ4n) is 5.51. The van der Waals surface area contributed by atoms with Crippen molar-refractivity contribution in [2.45, 2.75) is 25.7 Å². The van der Waals surface area contributed by atoms with Gasteiger partial charge in [0.05, 0.1) is 50.1 Å². The van der Waals surface area contributed by atoms with Crippen LogP contribution >= 0.6 is 0 Å². The number of fused-ring (bicyclic) bond motifs is 1. The lowest BCUT2D eigenvalue weighted by Crippen LogP contribution is -2.51. The number of H-pyrrole nitrogens is 1. The van der Waals surface area contributed by atoms with Gasteiger partial charge in [0.2, 0.25) is 5.95 Å². The van der Waals surface area contributed by atoms with Crippen LogP contribution in [0.1, 0.15) is 35.2 Å². The number of alkyl halides is 3. The summed E-state index contributed by atoms with van der Waals surface area (Å²) < 4.78 is 53.3. The Bertz CT molecular complexity index is 1680. The van der Waals surface area contributed by atoms with E-state index >= 15 is 0 Å². The average Bonchev–Trinajstić information content (AvgIpc) is 3.37. The van der Waals surface area contributed by atoms with Gasteiger partial charge in [-0.05, 0) is 42.8 Å². The zero-order valence-corrected chi connectivity index (χ0v) is 24.1. The predicted molar refractivity (Wildman–Crippen MR) is 147 cm³/mol. The summed E-state index contributed by atoms with van der Waals surface area (Å²) in [7, 11) is 3.26. The lowest BCUT2D eigenvalue weighted by molar-refractivity contribution is -0.929. The van der Waals surface area contributed by atoms with E-state index in [9.17, 15) is 28.0 Å². The molecule has 0 saturated carbocycles. The molecular formula is C29H29F3N6O6. The van der Waals surface area contributed by atoms with Crippen LogP contribution in [0.15, 0.2) is 58.5 Å². The fourth-order valence-corrected chi connectivity index (χ4v) is 5.51. The van der Waals surface area contributed by atoms with Gasteiger partial charge in [-0.15, -0.1) is 5.10 Å². The molecule has 5 rings (SSSR count). The maximum atomic E-state index is 13.6. The number of ether oxygens (including phenoxy) is 2. The number of benzene rings is 2. The molecule has 0 bridgehead atoms. The van der Waals surface area contributed by atoms with Crippen molar-refractivity contribution in [2.24, 2.45) is 0 Å². The monoisotopic (exact) mass is 614 g/mol. The maximum Gasteiger partial charge on any atom is 0.416 e. The first-order valence-corrected chi connectivity index (χ1v) is 13.3. The first-order chi connectivity index (χ1) is 20.9. The number of nitriles is 1. The lowest BCUT2D eigenvalue weighted by Gasteiger charge is -2.39. The van der Waals surface area contributed by atoms with Crippen molar-refractivity contribution in [1.82, 2.24) is 14.8 Å². The summed E-state index contributed by atoms with van der Waals surface area (Å²) in [5.41, 5.74) is 0.506. The SMILES string of the molecule is COC(=O)C1=C(C)N(c2cccc(C(F)(F)F)c2)c2n[nH]c(=O)n2C1c1ccc(C#N)cc1C[N+]1(C)CCOCC1.O=C[O-]. The molecule has 3 heterocycles. The van der Waals surface area contributed by atoms with Crippen molar-refractivity contribution in [3.63, 3.8) is 0 Å². The molecule has 1 atom stereocenters. The summed E-state index contributed by atoms with van der Waals surface area (Å²) >= 11 is 0. The summed E-state index contributed by atoms with van der Waals surface area (Å²) in [6.45, 7) is 4.13. The van der Waals surface area contributed by atoms with E-state index in [-0.39, 0.29) is 22.9 Å². The van der Waals surface area contributed by atoms with Gasteiger partial charge >= 0.3 is 17.8 Å². The number of likely N-dealkylation sites (N-methyl/N-ethyl adjacent to an activating group) is 1. The van der Waals surface area contributed by atoms with E-state index in [1.165, 1.54) is 28.7 Å². The Labute approximate surface area is 249 Å². The van der Waals surface area contributed by atoms with E-state index in [1.807, 2.05) is 0 Å². The summed E-state index contributed by atoms with van der Waals surface area (Å²) in [6.07, 6.45) is -4.61. The van der Waals surface area contributed by atoms with Gasteiger partial charge in [-0.25, -0.2) is 19.3 Å². The number of allylic oxidation sites excluding steroid dienone is 1. The van der Waals surface area contributed by atoms with Crippen molar-refractivity contribution in [2.75, 3.05) is 45.4 Å². The molecule has 0 aliphatic carbocycles. The summed E-state index contributed by atoms with van der Waals surface area (Å²) in [5, 5.41) is 24.4. The van der Waals surface area contributed by atoms with Crippen LogP contribution in [0.5, 0.6) is 0 Å². The molecule has 1 saturated heterocycles. The second-order valence-corrected chi connectivity index (χ2v) is 10.4. The third kappa shape index (κ3) is 6.21. The van der Waals surface area contributed by atoms with E-state index in [4.69, 9.17) is 19.4 Å². The molecule has 1 unspecified atom stereocenters. The third-order valence-electron chi connectivity index (χ3n) is 7.65. The van der Waals surface area contributed by atoms with E-state index in [0.717, 1.165) is 30.8 Å². The number of hydrogen-bond acceptors (Lipinski definition) is 9. The number of carbonyl (C=O) groups is 2. The third-order valence-corrected chi connectivity index (χ3v) is 7.65. The standard InChI is InChI=1S/C28H27F3N6O4.CH2O2/c1-17-23(25(38)40-3)24(22-8-7-18(15-32)13-19(22)16-37(2)9-11-41-12-10-37)36-26(33-34-27(36)39)35(17)21-6-4-5-20(14-21)28(29,30)31;2-1-3/h4-8,13-14,24H,9-12,16H2,1-3H3;1H,(H,2,3). The maximum absolute atomic E-state index is 13.6. The number of anilines is 2. The Kier molecular flexibility index (Phi) is 9.26. The highest BCUT2D eigenvalue weighted by atomic mass is 19.4. The topological polar surface area (TPSA) is 153 Å². The van der Waals surface area contributed by atoms with Crippen LogP contribution in [0, 0.1) is 11.3 Å². The van der Waals surface area contributed by atoms with Crippen molar-refractivity contribution in [3.8, 4) is 6.07 Å². The highest BCUT2D eigenvalue weighted by molar-refractivity contribution is 5.93. The van der Waals surface area contributed by atoms with Crippen molar-refractivity contribution >= 4 is 24.1 Å². The highest BCUT2D eigenvalue weighted by Crippen LogP contribution is 2.44. The molecular weight excluding hydrogens is 585 g/mol. The highest BCUT2D eigenvalue weighted by Gasteiger charge is 2.41. The number of methoxy groups -OCH3 is 1. The number of rotatable bonds is 5. The van der Waals surface area contributed by atoms with Crippen LogP contribution in [-0.4, -0.2) is 72.1 Å². The Hall–Kier alpha value is -4.94. The number of esters is 1. The van der Waals surface area contributed by atoms with Gasteiger partial charge in [0, 0.05) is 23.4 Å². The molecule has 1 fully saturated rings. The average molecular weight is 615 g/mol. The van der Waals surface area contributed by atoms with Crippen molar-refractivity contribution < 1.29 is 41.8 Å². The molecule has 0 spiro atoms. The smallest absolute Gasteiger partial charge is 0.416 e. The minimum atomic E-state index is -4.61. The Balaban J connectivity index is 0.00000141. The molecule has 1 aromatic heterocycles. The molecule has 15 heteroatoms. The molecule has 3 aromatic rings. The number of quaternary nitrogens is 1. The summed E-state index contributed by atoms with van der Waals surface area (Å²) in [4.78, 5) is 36.3. The zero-order chi connectivity index (χ0) is 32.2.